The van der Waals surface area contributed by atoms with Gasteiger partial charge in [0.05, 0.1) is 31.0 Å². The number of ketones is 3. The quantitative estimate of drug-likeness (QED) is 0.130. The third-order valence-corrected chi connectivity index (χ3v) is 15.5. The monoisotopic (exact) mass is 990 g/mol. The highest BCUT2D eigenvalue weighted by Crippen LogP contribution is 2.38. The fourth-order valence-electron chi connectivity index (χ4n) is 10.8. The van der Waals surface area contributed by atoms with Gasteiger partial charge in [-0.15, -0.1) is 0 Å². The van der Waals surface area contributed by atoms with Gasteiger partial charge < -0.3 is 43.9 Å². The van der Waals surface area contributed by atoms with E-state index in [0.29, 0.717) is 63.5 Å². The molecule has 14 nitrogen and oxygen atoms in total. The van der Waals surface area contributed by atoms with Crippen LogP contribution in [-0.4, -0.2) is 125 Å². The molecule has 3 aliphatic heterocycles. The van der Waals surface area contributed by atoms with Crippen molar-refractivity contribution in [2.45, 2.75) is 187 Å². The Hall–Kier alpha value is -4.15. The lowest BCUT2D eigenvalue weighted by molar-refractivity contribution is -0.266. The molecule has 1 saturated carbocycles. The third-order valence-electron chi connectivity index (χ3n) is 15.5. The molecule has 2 unspecified atom stereocenters. The zero-order chi connectivity index (χ0) is 52.0. The third kappa shape index (κ3) is 15.7. The average molecular weight is 990 g/mol. The maximum absolute atomic E-state index is 14.5. The van der Waals surface area contributed by atoms with Gasteiger partial charge in [0.2, 0.25) is 5.79 Å². The second kappa shape index (κ2) is 27.2. The standard InChI is InChI=1S/C57H83NO13/c1-35-18-12-10-13-19-36(2)48(69-34-42-20-14-11-15-21-42)32-44-25-23-41(7)57(66,71-44)54(63)55(64)58-27-17-16-22-45(58)56(65)70-49(38(4)30-43-24-26-46(59)50(31-43)67-8)33-47(60)37(3)29-40(6)52(62)53(68-9)51(61)39(5)28-35/h10-15,18-21,29,35,37-39,41,43-46,48-50,52-53,59,62,66H,16-17,22-28,30-34H2,1-9H3/b13-10+,18-12+,36-19+,40-29+/t35-,37-,38-,39-,41-,43+,44+,45+,46-,48?,49+,50-,52-,53?,57-/m1/s1. The highest BCUT2D eigenvalue weighted by molar-refractivity contribution is 6.39. The molecule has 14 heteroatoms. The van der Waals surface area contributed by atoms with Crippen LogP contribution in [0.25, 0.3) is 0 Å². The summed E-state index contributed by atoms with van der Waals surface area (Å²) < 4.78 is 30.3. The maximum Gasteiger partial charge on any atom is 0.329 e. The SMILES string of the molecule is COC1C(=O)[C@H](C)C[C@H](C)/C=C/C=C/C=C(\C)C(OCc2ccccc2)C[C@@H]2CC[C@@H](C)[C@@](O)(O2)C(=O)C(=O)N2CCCC[C@H]2C(=O)O[C@H]([C@H](C)C[C@@H]2CC[C@@H](O)[C@H](OC)C2)CC(=O)[C@H](C)/C=C(\C)[C@H]1O. The van der Waals surface area contributed by atoms with E-state index in [9.17, 15) is 39.3 Å². The summed E-state index contributed by atoms with van der Waals surface area (Å²) in [7, 11) is 2.95. The van der Waals surface area contributed by atoms with Crippen LogP contribution in [0.1, 0.15) is 131 Å². The summed E-state index contributed by atoms with van der Waals surface area (Å²) in [6.45, 7) is 13.1. The summed E-state index contributed by atoms with van der Waals surface area (Å²) in [4.78, 5) is 72.6. The molecule has 15 atom stereocenters. The first-order valence-corrected chi connectivity index (χ1v) is 26.1. The minimum Gasteiger partial charge on any atom is -0.460 e. The number of allylic oxidation sites excluding steroid dienone is 6. The molecule has 3 N–H and O–H groups in total. The maximum atomic E-state index is 14.5. The van der Waals surface area contributed by atoms with E-state index in [1.54, 1.807) is 34.0 Å². The molecule has 3 heterocycles. The van der Waals surface area contributed by atoms with Gasteiger partial charge in [-0.05, 0) is 113 Å². The van der Waals surface area contributed by atoms with E-state index in [2.05, 4.69) is 0 Å². The summed E-state index contributed by atoms with van der Waals surface area (Å²) in [5.41, 5.74) is 2.22. The van der Waals surface area contributed by atoms with Crippen LogP contribution in [-0.2, 0) is 54.3 Å². The van der Waals surface area contributed by atoms with Crippen molar-refractivity contribution in [3.63, 3.8) is 0 Å². The van der Waals surface area contributed by atoms with Gasteiger partial charge in [0.15, 0.2) is 5.78 Å². The van der Waals surface area contributed by atoms with Crippen LogP contribution in [0.15, 0.2) is 77.9 Å². The first-order valence-electron chi connectivity index (χ1n) is 26.1. The van der Waals surface area contributed by atoms with Crippen molar-refractivity contribution in [1.29, 1.82) is 0 Å². The van der Waals surface area contributed by atoms with Crippen molar-refractivity contribution in [2.24, 2.45) is 35.5 Å². The number of amides is 1. The van der Waals surface area contributed by atoms with Crippen molar-refractivity contribution in [2.75, 3.05) is 20.8 Å². The number of fused-ring (bicyclic) bond motifs is 3. The van der Waals surface area contributed by atoms with Crippen LogP contribution in [0.3, 0.4) is 0 Å². The molecule has 0 aromatic heterocycles. The number of benzene rings is 1. The van der Waals surface area contributed by atoms with Crippen molar-refractivity contribution in [3.05, 3.63) is 83.5 Å². The molecule has 0 spiro atoms. The van der Waals surface area contributed by atoms with Gasteiger partial charge in [0.25, 0.3) is 11.7 Å². The Morgan fingerprint density at radius 1 is 0.845 bits per heavy atom. The Morgan fingerprint density at radius 2 is 1.58 bits per heavy atom. The average Bonchev–Trinajstić information content (AvgIpc) is 3.35. The molecule has 1 aromatic carbocycles. The van der Waals surface area contributed by atoms with Crippen molar-refractivity contribution >= 4 is 29.2 Å². The van der Waals surface area contributed by atoms with Crippen LogP contribution in [0.2, 0.25) is 0 Å². The normalized spacial score (nSPS) is 37.9. The fraction of sp³-hybridized carbons (Fsp3) is 0.667. The highest BCUT2D eigenvalue weighted by Gasteiger charge is 2.53. The summed E-state index contributed by atoms with van der Waals surface area (Å²) >= 11 is 0. The Labute approximate surface area is 422 Å². The second-order valence-corrected chi connectivity index (χ2v) is 21.2. The second-order valence-electron chi connectivity index (χ2n) is 21.2. The summed E-state index contributed by atoms with van der Waals surface area (Å²) in [6.07, 6.45) is 11.0. The number of esters is 1. The fourth-order valence-corrected chi connectivity index (χ4v) is 10.8. The van der Waals surface area contributed by atoms with Crippen molar-refractivity contribution < 1.29 is 63.0 Å². The van der Waals surface area contributed by atoms with Crippen LogP contribution in [0.4, 0.5) is 0 Å². The lowest BCUT2D eigenvalue weighted by atomic mass is 9.78. The van der Waals surface area contributed by atoms with Gasteiger partial charge in [-0.25, -0.2) is 4.79 Å². The molecule has 2 saturated heterocycles. The number of carbonyl (C=O) groups is 5. The van der Waals surface area contributed by atoms with Gasteiger partial charge in [0, 0.05) is 51.4 Å². The molecule has 4 aliphatic rings. The molecular formula is C57H83NO13. The summed E-state index contributed by atoms with van der Waals surface area (Å²) in [6, 6.07) is 8.58. The molecule has 3 fully saturated rings. The molecular weight excluding hydrogens is 907 g/mol. The van der Waals surface area contributed by atoms with Crippen molar-refractivity contribution in [1.82, 2.24) is 4.90 Å². The number of nitrogens with zero attached hydrogens (tertiary/aromatic N) is 1. The summed E-state index contributed by atoms with van der Waals surface area (Å²) in [5.74, 6) is -8.10. The van der Waals surface area contributed by atoms with E-state index < -0.39 is 83.9 Å². The van der Waals surface area contributed by atoms with Gasteiger partial charge in [-0.2, -0.15) is 0 Å². The minimum absolute atomic E-state index is 0.00101. The van der Waals surface area contributed by atoms with E-state index in [0.717, 1.165) is 17.6 Å². The molecule has 71 heavy (non-hydrogen) atoms. The molecule has 1 amide bonds. The molecule has 2 bridgehead atoms. The van der Waals surface area contributed by atoms with E-state index in [-0.39, 0.29) is 61.2 Å². The molecule has 0 radical (unpaired) electrons. The van der Waals surface area contributed by atoms with E-state index >= 15 is 0 Å². The zero-order valence-corrected chi connectivity index (χ0v) is 43.7. The highest BCUT2D eigenvalue weighted by atomic mass is 16.6. The molecule has 1 aliphatic carbocycles. The Morgan fingerprint density at radius 3 is 2.28 bits per heavy atom. The number of rotatable bonds is 8. The molecule has 394 valence electrons. The topological polar surface area (TPSA) is 195 Å². The van der Waals surface area contributed by atoms with Gasteiger partial charge >= 0.3 is 5.97 Å². The zero-order valence-electron chi connectivity index (χ0n) is 43.7. The number of methoxy groups -OCH3 is 2. The smallest absolute Gasteiger partial charge is 0.329 e. The first-order chi connectivity index (χ1) is 33.8. The van der Waals surface area contributed by atoms with Crippen molar-refractivity contribution in [3.8, 4) is 0 Å². The minimum atomic E-state index is -2.46. The number of Topliss-reactive ketones (excluding diaryl/α,β-unsaturated/α-hetero) is 3. The number of hydrogen-bond acceptors (Lipinski definition) is 13. The number of aliphatic hydroxyl groups is 3. The van der Waals surface area contributed by atoms with Gasteiger partial charge in [0.1, 0.15) is 30.1 Å². The number of ether oxygens (including phenoxy) is 5. The predicted molar refractivity (Wildman–Crippen MR) is 269 cm³/mol. The summed E-state index contributed by atoms with van der Waals surface area (Å²) in [5, 5.41) is 34.2. The van der Waals surface area contributed by atoms with Crippen LogP contribution in [0.5, 0.6) is 0 Å². The van der Waals surface area contributed by atoms with Gasteiger partial charge in [-0.3, -0.25) is 19.2 Å². The van der Waals surface area contributed by atoms with Crippen LogP contribution in [0, 0.1) is 35.5 Å². The van der Waals surface area contributed by atoms with E-state index in [1.165, 1.54) is 12.0 Å². The number of hydrogen-bond donors (Lipinski definition) is 3. The Balaban J connectivity index is 1.49. The van der Waals surface area contributed by atoms with Crippen LogP contribution < -0.4 is 0 Å². The number of cyclic esters (lactones) is 1. The van der Waals surface area contributed by atoms with E-state index in [4.69, 9.17) is 23.7 Å². The lowest BCUT2D eigenvalue weighted by Crippen LogP contribution is -2.61. The number of carbonyl (C=O) groups excluding carboxylic acids is 5. The molecule has 5 rings (SSSR count). The Kier molecular flexibility index (Phi) is 22.1. The molecule has 1 aromatic rings. The largest absolute Gasteiger partial charge is 0.460 e. The lowest BCUT2D eigenvalue weighted by Gasteiger charge is -2.43. The first kappa shape index (κ1) is 57.7. The van der Waals surface area contributed by atoms with Gasteiger partial charge in [-0.1, -0.05) is 101 Å². The predicted octanol–water partition coefficient (Wildman–Crippen LogP) is 7.75. The Bertz CT molecular complexity index is 2070. The number of piperidine rings is 1. The van der Waals surface area contributed by atoms with Crippen LogP contribution >= 0.6 is 0 Å². The number of aliphatic hydroxyl groups excluding tert-OH is 2. The van der Waals surface area contributed by atoms with E-state index in [1.807, 2.05) is 88.4 Å².